The highest BCUT2D eigenvalue weighted by atomic mass is 16.5. The van der Waals surface area contributed by atoms with Crippen molar-refractivity contribution in [2.75, 3.05) is 7.11 Å². The van der Waals surface area contributed by atoms with Gasteiger partial charge in [0, 0.05) is 5.56 Å². The highest BCUT2D eigenvalue weighted by Gasteiger charge is 2.20. The van der Waals surface area contributed by atoms with E-state index in [9.17, 15) is 4.79 Å². The van der Waals surface area contributed by atoms with Crippen LogP contribution in [0.5, 0.6) is 17.4 Å². The lowest BCUT2D eigenvalue weighted by atomic mass is 10.1. The first-order chi connectivity index (χ1) is 15.7. The summed E-state index contributed by atoms with van der Waals surface area (Å²) in [6.07, 6.45) is 2.23. The minimum absolute atomic E-state index is 0.0831. The molecule has 0 saturated heterocycles. The summed E-state index contributed by atoms with van der Waals surface area (Å²) in [4.78, 5) is 22.2. The van der Waals surface area contributed by atoms with Gasteiger partial charge in [0.15, 0.2) is 5.76 Å². The van der Waals surface area contributed by atoms with Gasteiger partial charge in [0.05, 0.1) is 23.4 Å². The molecule has 0 radical (unpaired) electrons. The first-order valence-corrected chi connectivity index (χ1v) is 10.3. The van der Waals surface area contributed by atoms with Crippen LogP contribution in [-0.2, 0) is 6.42 Å². The third-order valence-electron chi connectivity index (χ3n) is 5.38. The molecule has 2 aromatic heterocycles. The standard InChI is InChI=1S/C26H20N2O4/c1-3-16-8-13-22-20(14-16)23(29)25(24(31-22)17-9-11-18(30-2)12-10-17)32-26-19-6-4-5-7-21(19)27-15-28-26/h4-15H,3H2,1-2H3. The van der Waals surface area contributed by atoms with Crippen molar-refractivity contribution in [3.63, 3.8) is 0 Å². The molecule has 158 valence electrons. The average molecular weight is 424 g/mol. The fourth-order valence-electron chi connectivity index (χ4n) is 3.63. The Kier molecular flexibility index (Phi) is 5.03. The first kappa shape index (κ1) is 19.8. The van der Waals surface area contributed by atoms with Gasteiger partial charge in [-0.25, -0.2) is 9.97 Å². The van der Waals surface area contributed by atoms with Gasteiger partial charge < -0.3 is 13.9 Å². The number of fused-ring (bicyclic) bond motifs is 2. The lowest BCUT2D eigenvalue weighted by Gasteiger charge is -2.13. The smallest absolute Gasteiger partial charge is 0.235 e. The van der Waals surface area contributed by atoms with Gasteiger partial charge in [-0.3, -0.25) is 4.79 Å². The lowest BCUT2D eigenvalue weighted by Crippen LogP contribution is -2.08. The van der Waals surface area contributed by atoms with Crippen molar-refractivity contribution in [3.8, 4) is 28.7 Å². The molecular formula is C26H20N2O4. The van der Waals surface area contributed by atoms with Gasteiger partial charge >= 0.3 is 0 Å². The normalized spacial score (nSPS) is 11.1. The van der Waals surface area contributed by atoms with Crippen LogP contribution in [0, 0.1) is 0 Å². The van der Waals surface area contributed by atoms with E-state index in [1.54, 1.807) is 7.11 Å². The van der Waals surface area contributed by atoms with E-state index in [0.29, 0.717) is 39.3 Å². The molecule has 6 heteroatoms. The van der Waals surface area contributed by atoms with Crippen molar-refractivity contribution in [1.82, 2.24) is 9.97 Å². The molecule has 0 aliphatic heterocycles. The molecule has 0 saturated carbocycles. The SMILES string of the molecule is CCc1ccc2oc(-c3ccc(OC)cc3)c(Oc3ncnc4ccccc34)c(=O)c2c1. The predicted molar refractivity (Wildman–Crippen MR) is 123 cm³/mol. The Balaban J connectivity index is 1.75. The fraction of sp³-hybridized carbons (Fsp3) is 0.115. The van der Waals surface area contributed by atoms with E-state index < -0.39 is 0 Å². The van der Waals surface area contributed by atoms with Gasteiger partial charge in [0.1, 0.15) is 17.7 Å². The number of hydrogen-bond donors (Lipinski definition) is 0. The summed E-state index contributed by atoms with van der Waals surface area (Å²) < 4.78 is 17.6. The Labute approximate surface area is 184 Å². The van der Waals surface area contributed by atoms with Crippen molar-refractivity contribution in [2.24, 2.45) is 0 Å². The summed E-state index contributed by atoms with van der Waals surface area (Å²) in [7, 11) is 1.60. The topological polar surface area (TPSA) is 74.5 Å². The van der Waals surface area contributed by atoms with E-state index in [1.165, 1.54) is 6.33 Å². The second-order valence-corrected chi connectivity index (χ2v) is 7.30. The molecule has 3 aromatic carbocycles. The summed E-state index contributed by atoms with van der Waals surface area (Å²) in [5, 5.41) is 1.17. The Hall–Kier alpha value is -4.19. The monoisotopic (exact) mass is 424 g/mol. The number of hydrogen-bond acceptors (Lipinski definition) is 6. The van der Waals surface area contributed by atoms with Crippen molar-refractivity contribution in [2.45, 2.75) is 13.3 Å². The predicted octanol–water partition coefficient (Wildman–Crippen LogP) is 5.77. The van der Waals surface area contributed by atoms with Crippen LogP contribution in [0.25, 0.3) is 33.2 Å². The highest BCUT2D eigenvalue weighted by Crippen LogP contribution is 2.35. The summed E-state index contributed by atoms with van der Waals surface area (Å²) >= 11 is 0. The molecule has 5 aromatic rings. The molecular weight excluding hydrogens is 404 g/mol. The van der Waals surface area contributed by atoms with E-state index in [0.717, 1.165) is 17.5 Å². The summed E-state index contributed by atoms with van der Waals surface area (Å²) in [5.74, 6) is 1.41. The van der Waals surface area contributed by atoms with Crippen LogP contribution in [-0.4, -0.2) is 17.1 Å². The van der Waals surface area contributed by atoms with Crippen LogP contribution in [0.15, 0.2) is 82.3 Å². The van der Waals surface area contributed by atoms with E-state index >= 15 is 0 Å². The zero-order chi connectivity index (χ0) is 22.1. The number of ether oxygens (including phenoxy) is 2. The maximum atomic E-state index is 13.6. The molecule has 0 aliphatic carbocycles. The van der Waals surface area contributed by atoms with E-state index in [1.807, 2.05) is 73.7 Å². The quantitative estimate of drug-likeness (QED) is 0.357. The number of methoxy groups -OCH3 is 1. The maximum Gasteiger partial charge on any atom is 0.235 e. The third-order valence-corrected chi connectivity index (χ3v) is 5.38. The van der Waals surface area contributed by atoms with E-state index in [-0.39, 0.29) is 11.2 Å². The molecule has 0 amide bonds. The van der Waals surface area contributed by atoms with Crippen LogP contribution < -0.4 is 14.9 Å². The van der Waals surface area contributed by atoms with Gasteiger partial charge in [-0.2, -0.15) is 0 Å². The number of para-hydroxylation sites is 1. The second-order valence-electron chi connectivity index (χ2n) is 7.30. The molecule has 0 aliphatic rings. The van der Waals surface area contributed by atoms with Crippen LogP contribution in [0.3, 0.4) is 0 Å². The molecule has 2 heterocycles. The lowest BCUT2D eigenvalue weighted by molar-refractivity contribution is 0.414. The van der Waals surface area contributed by atoms with Crippen molar-refractivity contribution in [3.05, 3.63) is 88.8 Å². The van der Waals surface area contributed by atoms with Crippen LogP contribution in [0.2, 0.25) is 0 Å². The Morgan fingerprint density at radius 2 is 1.75 bits per heavy atom. The Morgan fingerprint density at radius 3 is 2.53 bits per heavy atom. The minimum atomic E-state index is -0.255. The summed E-state index contributed by atoms with van der Waals surface area (Å²) in [6.45, 7) is 2.04. The van der Waals surface area contributed by atoms with Gasteiger partial charge in [-0.05, 0) is 60.5 Å². The molecule has 0 unspecified atom stereocenters. The van der Waals surface area contributed by atoms with Crippen LogP contribution in [0.4, 0.5) is 0 Å². The maximum absolute atomic E-state index is 13.6. The molecule has 0 spiro atoms. The number of nitrogens with zero attached hydrogens (tertiary/aromatic N) is 2. The average Bonchev–Trinajstić information content (AvgIpc) is 2.85. The molecule has 0 fully saturated rings. The van der Waals surface area contributed by atoms with Gasteiger partial charge in [-0.15, -0.1) is 0 Å². The summed E-state index contributed by atoms with van der Waals surface area (Å²) in [6, 6.07) is 20.4. The van der Waals surface area contributed by atoms with E-state index in [4.69, 9.17) is 13.9 Å². The van der Waals surface area contributed by atoms with Gasteiger partial charge in [0.25, 0.3) is 0 Å². The number of benzene rings is 3. The molecule has 0 N–H and O–H groups in total. The van der Waals surface area contributed by atoms with Crippen molar-refractivity contribution in [1.29, 1.82) is 0 Å². The molecule has 6 nitrogen and oxygen atoms in total. The summed E-state index contributed by atoms with van der Waals surface area (Å²) in [5.41, 5.74) is 2.70. The van der Waals surface area contributed by atoms with E-state index in [2.05, 4.69) is 9.97 Å². The zero-order valence-corrected chi connectivity index (χ0v) is 17.7. The molecule has 5 rings (SSSR count). The minimum Gasteiger partial charge on any atom is -0.497 e. The largest absolute Gasteiger partial charge is 0.497 e. The van der Waals surface area contributed by atoms with Gasteiger partial charge in [-0.1, -0.05) is 25.1 Å². The first-order valence-electron chi connectivity index (χ1n) is 10.3. The number of aromatic nitrogens is 2. The van der Waals surface area contributed by atoms with Crippen LogP contribution in [0.1, 0.15) is 12.5 Å². The molecule has 0 bridgehead atoms. The van der Waals surface area contributed by atoms with Gasteiger partial charge in [0.2, 0.25) is 17.1 Å². The van der Waals surface area contributed by atoms with Crippen molar-refractivity contribution < 1.29 is 13.9 Å². The fourth-order valence-corrected chi connectivity index (χ4v) is 3.63. The zero-order valence-electron chi connectivity index (χ0n) is 17.7. The third kappa shape index (κ3) is 3.46. The number of aryl methyl sites for hydroxylation is 1. The van der Waals surface area contributed by atoms with Crippen LogP contribution >= 0.6 is 0 Å². The Morgan fingerprint density at radius 1 is 0.938 bits per heavy atom. The Bertz CT molecular complexity index is 1490. The molecule has 32 heavy (non-hydrogen) atoms. The second kappa shape index (κ2) is 8.15. The van der Waals surface area contributed by atoms with Crippen molar-refractivity contribution >= 4 is 21.9 Å². The number of rotatable bonds is 5. The highest BCUT2D eigenvalue weighted by molar-refractivity contribution is 5.85. The molecule has 0 atom stereocenters.